The molecule has 104 valence electrons. The number of hydrogen-bond donors (Lipinski definition) is 2. The standard InChI is InChI=1S/C8H6O4.C4H10S.K.H2O.H/c9-7(10)5-2-1-3-6(4-5)8(11)12;1-3-5-4-2;;;/h1-4H,(H,9,10)(H,11,12);3-4H2,1-2H3;;1H2;/q;;+1;;-1. The molecule has 5 nitrogen and oxygen atoms in total. The van der Waals surface area contributed by atoms with Crippen LogP contribution in [0.15, 0.2) is 24.3 Å². The van der Waals surface area contributed by atoms with E-state index in [2.05, 4.69) is 13.8 Å². The number of carbonyl (C=O) groups is 2. The van der Waals surface area contributed by atoms with Crippen molar-refractivity contribution in [2.24, 2.45) is 0 Å². The summed E-state index contributed by atoms with van der Waals surface area (Å²) >= 11 is 1.96. The van der Waals surface area contributed by atoms with Gasteiger partial charge in [0.15, 0.2) is 0 Å². The van der Waals surface area contributed by atoms with Gasteiger partial charge >= 0.3 is 63.3 Å². The molecule has 1 rings (SSSR count). The summed E-state index contributed by atoms with van der Waals surface area (Å²) in [6, 6.07) is 5.20. The number of thioether (sulfide) groups is 1. The third-order valence-electron chi connectivity index (χ3n) is 1.76. The Labute approximate surface area is 161 Å². The van der Waals surface area contributed by atoms with Crippen molar-refractivity contribution in [1.82, 2.24) is 0 Å². The molecule has 0 saturated heterocycles. The summed E-state index contributed by atoms with van der Waals surface area (Å²) in [7, 11) is 0. The fourth-order valence-electron chi connectivity index (χ4n) is 0.989. The van der Waals surface area contributed by atoms with Crippen LogP contribution < -0.4 is 51.4 Å². The number of carboxylic acids is 2. The maximum atomic E-state index is 10.4. The molecule has 1 aromatic rings. The van der Waals surface area contributed by atoms with Crippen LogP contribution in [-0.4, -0.2) is 39.1 Å². The summed E-state index contributed by atoms with van der Waals surface area (Å²) in [6.45, 7) is 4.35. The predicted molar refractivity (Wildman–Crippen MR) is 73.8 cm³/mol. The van der Waals surface area contributed by atoms with E-state index in [1.54, 1.807) is 0 Å². The summed E-state index contributed by atoms with van der Waals surface area (Å²) in [5.41, 5.74) is -0.0372. The second kappa shape index (κ2) is 14.5. The van der Waals surface area contributed by atoms with Crippen molar-refractivity contribution >= 4 is 23.7 Å². The molecule has 0 aliphatic rings. The molecule has 0 heterocycles. The Morgan fingerprint density at radius 2 is 1.47 bits per heavy atom. The first kappa shape index (κ1) is 24.1. The SMILES string of the molecule is CCSCC.O.O=C(O)c1cccc(C(=O)O)c1.[H-].[K+]. The molecule has 19 heavy (non-hydrogen) atoms. The van der Waals surface area contributed by atoms with Crippen LogP contribution in [0, 0.1) is 0 Å². The van der Waals surface area contributed by atoms with Crippen molar-refractivity contribution in [3.05, 3.63) is 35.4 Å². The molecule has 1 aromatic carbocycles. The Hall–Kier alpha value is 0.106. The number of benzene rings is 1. The van der Waals surface area contributed by atoms with Crippen LogP contribution in [-0.2, 0) is 0 Å². The van der Waals surface area contributed by atoms with Crippen molar-refractivity contribution in [3.63, 3.8) is 0 Å². The first-order valence-electron chi connectivity index (χ1n) is 5.17. The van der Waals surface area contributed by atoms with Gasteiger partial charge in [-0.3, -0.25) is 0 Å². The summed E-state index contributed by atoms with van der Waals surface area (Å²) < 4.78 is 0. The van der Waals surface area contributed by atoms with Crippen molar-refractivity contribution in [1.29, 1.82) is 0 Å². The van der Waals surface area contributed by atoms with Crippen molar-refractivity contribution < 1.29 is 78.1 Å². The first-order valence-corrected chi connectivity index (χ1v) is 6.32. The summed E-state index contributed by atoms with van der Waals surface area (Å²) in [5, 5.41) is 17.0. The van der Waals surface area contributed by atoms with E-state index in [4.69, 9.17) is 10.2 Å². The van der Waals surface area contributed by atoms with E-state index in [1.807, 2.05) is 11.8 Å². The maximum Gasteiger partial charge on any atom is 1.00 e. The second-order valence-corrected chi connectivity index (χ2v) is 4.54. The number of rotatable bonds is 4. The maximum absolute atomic E-state index is 10.4. The van der Waals surface area contributed by atoms with Gasteiger partial charge in [0.1, 0.15) is 0 Å². The Morgan fingerprint density at radius 3 is 1.68 bits per heavy atom. The molecule has 0 fully saturated rings. The van der Waals surface area contributed by atoms with Gasteiger partial charge in [-0.15, -0.1) is 0 Å². The summed E-state index contributed by atoms with van der Waals surface area (Å²) in [6.07, 6.45) is 0. The molecular formula is C12H19KO5S. The van der Waals surface area contributed by atoms with Crippen LogP contribution in [0.3, 0.4) is 0 Å². The molecule has 0 saturated carbocycles. The van der Waals surface area contributed by atoms with Crippen molar-refractivity contribution in [2.45, 2.75) is 13.8 Å². The zero-order valence-corrected chi connectivity index (χ0v) is 15.3. The fraction of sp³-hybridized carbons (Fsp3) is 0.333. The summed E-state index contributed by atoms with van der Waals surface area (Å²) in [4.78, 5) is 20.8. The normalized spacial score (nSPS) is 8.11. The quantitative estimate of drug-likeness (QED) is 0.703. The molecule has 0 aromatic heterocycles. The van der Waals surface area contributed by atoms with Gasteiger partial charge in [0.2, 0.25) is 0 Å². The van der Waals surface area contributed by atoms with E-state index in [0.717, 1.165) is 6.07 Å². The molecule has 0 bridgehead atoms. The van der Waals surface area contributed by atoms with Crippen molar-refractivity contribution in [2.75, 3.05) is 11.5 Å². The third-order valence-corrected chi connectivity index (χ3v) is 2.58. The van der Waals surface area contributed by atoms with Crippen LogP contribution in [0.5, 0.6) is 0 Å². The molecule has 7 heteroatoms. The van der Waals surface area contributed by atoms with Gasteiger partial charge < -0.3 is 17.1 Å². The molecule has 0 atom stereocenters. The topological polar surface area (TPSA) is 106 Å². The van der Waals surface area contributed by atoms with E-state index in [0.29, 0.717) is 0 Å². The van der Waals surface area contributed by atoms with Crippen LogP contribution in [0.4, 0.5) is 0 Å². The molecule has 4 N–H and O–H groups in total. The van der Waals surface area contributed by atoms with Gasteiger partial charge in [-0.25, -0.2) is 9.59 Å². The second-order valence-electron chi connectivity index (χ2n) is 2.97. The van der Waals surface area contributed by atoms with E-state index in [9.17, 15) is 9.59 Å². The fourth-order valence-corrected chi connectivity index (χ4v) is 1.40. The summed E-state index contributed by atoms with van der Waals surface area (Å²) in [5.74, 6) is 0.267. The van der Waals surface area contributed by atoms with Crippen LogP contribution in [0.1, 0.15) is 36.0 Å². The third kappa shape index (κ3) is 11.6. The van der Waals surface area contributed by atoms with Gasteiger partial charge in [0, 0.05) is 0 Å². The number of carboxylic acid groups (broad SMARTS) is 2. The smallest absolute Gasteiger partial charge is 1.00 e. The molecule has 0 spiro atoms. The molecular weight excluding hydrogens is 295 g/mol. The first-order chi connectivity index (χ1) is 8.02. The van der Waals surface area contributed by atoms with E-state index in [-0.39, 0.29) is 69.4 Å². The average Bonchev–Trinajstić information content (AvgIpc) is 2.31. The Bertz CT molecular complexity index is 359. The van der Waals surface area contributed by atoms with Crippen LogP contribution in [0.2, 0.25) is 0 Å². The average molecular weight is 314 g/mol. The minimum Gasteiger partial charge on any atom is -1.00 e. The minimum absolute atomic E-state index is 0. The zero-order valence-electron chi connectivity index (χ0n) is 12.3. The Kier molecular flexibility index (Phi) is 18.4. The van der Waals surface area contributed by atoms with Gasteiger partial charge in [0.25, 0.3) is 0 Å². The monoisotopic (exact) mass is 314 g/mol. The van der Waals surface area contributed by atoms with Crippen LogP contribution >= 0.6 is 11.8 Å². The van der Waals surface area contributed by atoms with Gasteiger partial charge in [-0.05, 0) is 29.7 Å². The van der Waals surface area contributed by atoms with E-state index in [1.165, 1.54) is 29.7 Å². The van der Waals surface area contributed by atoms with Gasteiger partial charge in [-0.2, -0.15) is 11.8 Å². The number of aromatic carboxylic acids is 2. The number of hydrogen-bond acceptors (Lipinski definition) is 3. The largest absolute Gasteiger partial charge is 1.00 e. The van der Waals surface area contributed by atoms with Crippen LogP contribution in [0.25, 0.3) is 0 Å². The Morgan fingerprint density at radius 1 is 1.11 bits per heavy atom. The molecule has 0 aliphatic carbocycles. The van der Waals surface area contributed by atoms with Gasteiger partial charge in [0.05, 0.1) is 11.1 Å². The molecule has 0 unspecified atom stereocenters. The Balaban J connectivity index is -0.000000141. The zero-order chi connectivity index (χ0) is 13.3. The van der Waals surface area contributed by atoms with Crippen molar-refractivity contribution in [3.8, 4) is 0 Å². The molecule has 0 radical (unpaired) electrons. The molecule has 0 aliphatic heterocycles. The van der Waals surface area contributed by atoms with E-state index >= 15 is 0 Å². The minimum atomic E-state index is -1.13. The van der Waals surface area contributed by atoms with E-state index < -0.39 is 11.9 Å². The van der Waals surface area contributed by atoms with Gasteiger partial charge in [-0.1, -0.05) is 19.9 Å². The predicted octanol–water partition coefficient (Wildman–Crippen LogP) is -0.866. The molecule has 0 amide bonds.